The first kappa shape index (κ1) is 71.9. The Balaban J connectivity index is 0.000000281. The summed E-state index contributed by atoms with van der Waals surface area (Å²) in [5, 5.41) is 52.4. The number of aliphatic hydroxyl groups excluding tert-OH is 6. The van der Waals surface area contributed by atoms with Crippen LogP contribution in [0.4, 0.5) is 8.78 Å². The average Bonchev–Trinajstić information content (AvgIpc) is 4.07. The van der Waals surface area contributed by atoms with Crippen LogP contribution < -0.4 is 0 Å². The molecule has 0 saturated heterocycles. The van der Waals surface area contributed by atoms with Crippen LogP contribution in [0, 0.1) is 36.8 Å². The van der Waals surface area contributed by atoms with Gasteiger partial charge in [0.2, 0.25) is 0 Å². The van der Waals surface area contributed by atoms with E-state index in [0.29, 0.717) is 41.8 Å². The standard InChI is InChI=1S/C20H11F2N2.C16H9N2O.C15H11N2.3C5H12O2.3Ir/c21-15-9-5-13(6-10-15)19-20(14-7-11-16(22)12-8-14)24-18-4-2-1-3-17(18)23-19;1-2-6-11(7-3-1)14-16-15(18-10-17-14)12-8-4-5-9-13(12)19-16;1-11-15(12-7-3-2-4-8-12)17-14-10-6-5-9-13(14)16-11;3*1-4(6)3-5(2)7;;;/h1-7,9-12H;1-6,8-10H;2-7,9-10H,1H3;3*4-7H,3H2,1-2H3;;;/q3*-1;;;;;;. The molecule has 11 rings (SSSR count). The van der Waals surface area contributed by atoms with Crippen molar-refractivity contribution < 1.29 is 104 Å². The van der Waals surface area contributed by atoms with Crippen LogP contribution >= 0.6 is 0 Å². The van der Waals surface area contributed by atoms with E-state index in [1.807, 2.05) is 128 Å². The summed E-state index contributed by atoms with van der Waals surface area (Å²) in [5.41, 5.74) is 12.8. The topological polar surface area (TPSA) is 212 Å². The molecule has 0 amide bonds. The molecule has 0 saturated carbocycles. The van der Waals surface area contributed by atoms with Crippen molar-refractivity contribution in [3.8, 4) is 45.0 Å². The molecule has 0 aliphatic rings. The Labute approximate surface area is 529 Å². The maximum Gasteiger partial charge on any atom is 0.138 e. The number of benzene rings is 7. The number of rotatable bonds is 10. The second-order valence-corrected chi connectivity index (χ2v) is 19.3. The molecule has 0 bridgehead atoms. The molecule has 11 aromatic rings. The van der Waals surface area contributed by atoms with Crippen LogP contribution in [0.5, 0.6) is 0 Å². The van der Waals surface area contributed by atoms with E-state index in [-0.39, 0.29) is 109 Å². The van der Waals surface area contributed by atoms with E-state index in [9.17, 15) is 8.78 Å². The number of hydrogen-bond acceptors (Lipinski definition) is 13. The summed E-state index contributed by atoms with van der Waals surface area (Å²) in [6.45, 7) is 11.9. The first-order chi connectivity index (χ1) is 38.9. The van der Waals surface area contributed by atoms with Gasteiger partial charge < -0.3 is 35.1 Å². The Hall–Kier alpha value is -6.33. The van der Waals surface area contributed by atoms with Gasteiger partial charge in [0, 0.05) is 94.3 Å². The molecule has 6 N–H and O–H groups in total. The van der Waals surface area contributed by atoms with Crippen LogP contribution in [0.15, 0.2) is 175 Å². The van der Waals surface area contributed by atoms with Gasteiger partial charge in [-0.05, 0) is 122 Å². The van der Waals surface area contributed by atoms with Crippen molar-refractivity contribution in [2.45, 2.75) is 104 Å². The van der Waals surface area contributed by atoms with Crippen LogP contribution in [0.1, 0.15) is 66.5 Å². The summed E-state index contributed by atoms with van der Waals surface area (Å²) in [6, 6.07) is 58.4. The first-order valence-electron chi connectivity index (χ1n) is 26.4. The van der Waals surface area contributed by atoms with Gasteiger partial charge in [-0.25, -0.2) is 9.37 Å². The Kier molecular flexibility index (Phi) is 31.3. The van der Waals surface area contributed by atoms with Crippen LogP contribution in [-0.2, 0) is 60.3 Å². The van der Waals surface area contributed by atoms with Crippen LogP contribution in [-0.4, -0.2) is 97.2 Å². The minimum atomic E-state index is -0.375. The van der Waals surface area contributed by atoms with Crippen molar-refractivity contribution in [2.24, 2.45) is 0 Å². The summed E-state index contributed by atoms with van der Waals surface area (Å²) < 4.78 is 32.3. The summed E-state index contributed by atoms with van der Waals surface area (Å²) in [4.78, 5) is 27.2. The first-order valence-corrected chi connectivity index (χ1v) is 26.4. The summed E-state index contributed by atoms with van der Waals surface area (Å²) in [5.74, 6) is -0.682. The predicted octanol–water partition coefficient (Wildman–Crippen LogP) is 12.7. The van der Waals surface area contributed by atoms with E-state index in [0.717, 1.165) is 72.3 Å². The molecule has 3 radical (unpaired) electrons. The third-order valence-electron chi connectivity index (χ3n) is 11.6. The molecule has 447 valence electrons. The molecule has 18 heteroatoms. The van der Waals surface area contributed by atoms with Crippen molar-refractivity contribution in [1.82, 2.24) is 29.9 Å². The number of aryl methyl sites for hydroxylation is 1. The van der Waals surface area contributed by atoms with Gasteiger partial charge in [-0.15, -0.1) is 102 Å². The largest absolute Gasteiger partial charge is 0.462 e. The average molecular weight is 1670 g/mol. The van der Waals surface area contributed by atoms with E-state index in [4.69, 9.17) is 35.1 Å². The maximum absolute atomic E-state index is 13.2. The molecule has 0 spiro atoms. The fourth-order valence-electron chi connectivity index (χ4n) is 8.17. The number of hydrogen-bond donors (Lipinski definition) is 6. The number of fused-ring (bicyclic) bond motifs is 5. The Morgan fingerprint density at radius 2 is 0.845 bits per heavy atom. The van der Waals surface area contributed by atoms with E-state index in [2.05, 4.69) is 48.1 Å². The van der Waals surface area contributed by atoms with Gasteiger partial charge in [-0.3, -0.25) is 29.3 Å². The van der Waals surface area contributed by atoms with E-state index in [1.165, 1.54) is 24.3 Å². The number of furan rings is 1. The van der Waals surface area contributed by atoms with Crippen LogP contribution in [0.25, 0.3) is 89.2 Å². The second-order valence-electron chi connectivity index (χ2n) is 19.3. The van der Waals surface area contributed by atoms with Crippen LogP contribution in [0.2, 0.25) is 0 Å². The smallest absolute Gasteiger partial charge is 0.138 e. The Morgan fingerprint density at radius 3 is 1.30 bits per heavy atom. The van der Waals surface area contributed by atoms with E-state index >= 15 is 0 Å². The molecular weight excluding hydrogens is 1600 g/mol. The number of aromatic nitrogens is 6. The zero-order valence-corrected chi connectivity index (χ0v) is 54.5. The molecule has 6 atom stereocenters. The fourth-order valence-corrected chi connectivity index (χ4v) is 8.17. The molecular formula is C66H67F2Ir3N6O7-3. The molecule has 13 nitrogen and oxygen atoms in total. The number of aliphatic hydroxyl groups is 6. The van der Waals surface area contributed by atoms with Crippen molar-refractivity contribution in [3.63, 3.8) is 0 Å². The Morgan fingerprint density at radius 1 is 0.429 bits per heavy atom. The van der Waals surface area contributed by atoms with Gasteiger partial charge in [0.1, 0.15) is 28.8 Å². The van der Waals surface area contributed by atoms with Gasteiger partial charge in [0.05, 0.1) is 64.4 Å². The number of halogens is 2. The zero-order valence-electron chi connectivity index (χ0n) is 47.3. The molecule has 0 aliphatic heterocycles. The fraction of sp³-hybridized carbons (Fsp3) is 0.242. The summed E-state index contributed by atoms with van der Waals surface area (Å²) in [6.07, 6.45) is 0.737. The molecule has 0 fully saturated rings. The van der Waals surface area contributed by atoms with Gasteiger partial charge in [0.25, 0.3) is 0 Å². The third kappa shape index (κ3) is 22.6. The number of nitrogens with zero attached hydrogens (tertiary/aromatic N) is 6. The number of para-hydroxylation sites is 5. The SMILES string of the molecule is CC(O)CC(C)O.CC(O)CC(C)O.CC(O)CC(C)O.Cc1nc2ccccc2nc1-c1[c-]cccc1.Fc1c[c-]c(-c2nc3ccccc3nc2-c2ccc(F)cc2)cc1.[Ir].[Ir].[Ir].[c-]1ccccc1-c1ncnc2c1oc1ccccc12. The summed E-state index contributed by atoms with van der Waals surface area (Å²) >= 11 is 0. The summed E-state index contributed by atoms with van der Waals surface area (Å²) in [7, 11) is 0. The molecule has 6 unspecified atom stereocenters. The maximum atomic E-state index is 13.2. The van der Waals surface area contributed by atoms with Crippen molar-refractivity contribution in [3.05, 3.63) is 206 Å². The van der Waals surface area contributed by atoms with Crippen LogP contribution in [0.3, 0.4) is 0 Å². The molecule has 4 aromatic heterocycles. The van der Waals surface area contributed by atoms with E-state index < -0.39 is 0 Å². The van der Waals surface area contributed by atoms with Gasteiger partial charge in [-0.1, -0.05) is 48.5 Å². The van der Waals surface area contributed by atoms with Crippen molar-refractivity contribution >= 4 is 44.1 Å². The quantitative estimate of drug-likeness (QED) is 0.0705. The van der Waals surface area contributed by atoms with Crippen molar-refractivity contribution in [1.29, 1.82) is 0 Å². The van der Waals surface area contributed by atoms with Gasteiger partial charge in [0.15, 0.2) is 0 Å². The van der Waals surface area contributed by atoms with Crippen molar-refractivity contribution in [2.75, 3.05) is 0 Å². The minimum absolute atomic E-state index is 0. The van der Waals surface area contributed by atoms with Gasteiger partial charge in [-0.2, -0.15) is 0 Å². The molecule has 0 aliphatic carbocycles. The third-order valence-corrected chi connectivity index (χ3v) is 11.6. The molecule has 84 heavy (non-hydrogen) atoms. The molecule has 7 aromatic carbocycles. The predicted molar refractivity (Wildman–Crippen MR) is 315 cm³/mol. The molecule has 4 heterocycles. The zero-order chi connectivity index (χ0) is 58.4. The van der Waals surface area contributed by atoms with E-state index in [1.54, 1.807) is 66.1 Å². The minimum Gasteiger partial charge on any atom is -0.462 e. The van der Waals surface area contributed by atoms with Gasteiger partial charge >= 0.3 is 0 Å². The normalized spacial score (nSPS) is 12.5. The monoisotopic (exact) mass is 1670 g/mol. The second kappa shape index (κ2) is 36.5. The Bertz CT molecular complexity index is 3520.